The number of aryl methyl sites for hydroxylation is 1. The lowest BCUT2D eigenvalue weighted by atomic mass is 10.1. The van der Waals surface area contributed by atoms with Crippen molar-refractivity contribution < 1.29 is 9.59 Å². The molecule has 2 amide bonds. The number of hydrogen-bond acceptors (Lipinski definition) is 2. The van der Waals surface area contributed by atoms with Crippen molar-refractivity contribution in [1.29, 1.82) is 0 Å². The van der Waals surface area contributed by atoms with Gasteiger partial charge in [0.15, 0.2) is 0 Å². The van der Waals surface area contributed by atoms with Gasteiger partial charge in [0.05, 0.1) is 5.56 Å². The van der Waals surface area contributed by atoms with Crippen molar-refractivity contribution in [1.82, 2.24) is 14.8 Å². The Morgan fingerprint density at radius 2 is 1.76 bits per heavy atom. The molecule has 1 aromatic heterocycles. The highest BCUT2D eigenvalue weighted by molar-refractivity contribution is 6.06. The van der Waals surface area contributed by atoms with E-state index in [-0.39, 0.29) is 11.8 Å². The third kappa shape index (κ3) is 2.51. The molecule has 1 N–H and O–H groups in total. The van der Waals surface area contributed by atoms with Gasteiger partial charge in [-0.15, -0.1) is 0 Å². The van der Waals surface area contributed by atoms with Crippen molar-refractivity contribution in [2.24, 2.45) is 0 Å². The van der Waals surface area contributed by atoms with E-state index >= 15 is 0 Å². The van der Waals surface area contributed by atoms with Gasteiger partial charge in [-0.05, 0) is 18.6 Å². The summed E-state index contributed by atoms with van der Waals surface area (Å²) >= 11 is 0. The van der Waals surface area contributed by atoms with Gasteiger partial charge < -0.3 is 14.8 Å². The lowest BCUT2D eigenvalue weighted by Crippen LogP contribution is -2.50. The fraction of sp³-hybridized carbons (Fsp3) is 0.375. The lowest BCUT2D eigenvalue weighted by molar-refractivity contribution is -0.130. The number of hydrogen-bond donors (Lipinski definition) is 1. The number of H-pyrrole nitrogens is 1. The molecule has 1 aliphatic rings. The molecule has 0 aliphatic carbocycles. The lowest BCUT2D eigenvalue weighted by Gasteiger charge is -2.34. The van der Waals surface area contributed by atoms with E-state index in [2.05, 4.69) is 4.98 Å². The van der Waals surface area contributed by atoms with Crippen molar-refractivity contribution in [3.63, 3.8) is 0 Å². The Balaban J connectivity index is 1.80. The Labute approximate surface area is 123 Å². The van der Waals surface area contributed by atoms with Gasteiger partial charge in [-0.1, -0.05) is 12.1 Å². The number of aromatic nitrogens is 1. The molecular formula is C16H19N3O2. The molecule has 1 aromatic carbocycles. The summed E-state index contributed by atoms with van der Waals surface area (Å²) < 4.78 is 0. The van der Waals surface area contributed by atoms with Crippen LogP contribution >= 0.6 is 0 Å². The van der Waals surface area contributed by atoms with Gasteiger partial charge >= 0.3 is 0 Å². The second-order valence-corrected chi connectivity index (χ2v) is 5.55. The number of benzene rings is 1. The van der Waals surface area contributed by atoms with Gasteiger partial charge in [0, 0.05) is 50.2 Å². The van der Waals surface area contributed by atoms with Crippen LogP contribution in [0.2, 0.25) is 0 Å². The smallest absolute Gasteiger partial charge is 0.256 e. The summed E-state index contributed by atoms with van der Waals surface area (Å²) in [6.45, 7) is 6.02. The molecule has 0 unspecified atom stereocenters. The summed E-state index contributed by atoms with van der Waals surface area (Å²) in [5, 5.41) is 0.958. The fourth-order valence-corrected chi connectivity index (χ4v) is 2.81. The largest absolute Gasteiger partial charge is 0.360 e. The van der Waals surface area contributed by atoms with Crippen molar-refractivity contribution in [2.75, 3.05) is 26.2 Å². The van der Waals surface area contributed by atoms with E-state index in [9.17, 15) is 9.59 Å². The van der Waals surface area contributed by atoms with Crippen LogP contribution in [0.3, 0.4) is 0 Å². The summed E-state index contributed by atoms with van der Waals surface area (Å²) in [5.41, 5.74) is 2.86. The normalized spacial score (nSPS) is 15.5. The van der Waals surface area contributed by atoms with Crippen molar-refractivity contribution >= 4 is 22.7 Å². The predicted molar refractivity (Wildman–Crippen MR) is 81.2 cm³/mol. The summed E-state index contributed by atoms with van der Waals surface area (Å²) in [4.78, 5) is 30.7. The zero-order valence-corrected chi connectivity index (χ0v) is 12.3. The predicted octanol–water partition coefficient (Wildman–Crippen LogP) is 1.78. The second kappa shape index (κ2) is 5.24. The molecule has 2 heterocycles. The maximum atomic E-state index is 12.6. The van der Waals surface area contributed by atoms with Crippen LogP contribution in [0, 0.1) is 6.92 Å². The number of fused-ring (bicyclic) bond motifs is 1. The molecule has 0 bridgehead atoms. The van der Waals surface area contributed by atoms with E-state index in [0.717, 1.165) is 10.9 Å². The monoisotopic (exact) mass is 285 g/mol. The Morgan fingerprint density at radius 1 is 1.10 bits per heavy atom. The molecule has 0 atom stereocenters. The molecule has 110 valence electrons. The molecule has 2 aromatic rings. The molecule has 0 radical (unpaired) electrons. The van der Waals surface area contributed by atoms with Gasteiger partial charge in [0.25, 0.3) is 5.91 Å². The topological polar surface area (TPSA) is 56.4 Å². The molecule has 1 aliphatic heterocycles. The number of aromatic amines is 1. The highest BCUT2D eigenvalue weighted by atomic mass is 16.2. The highest BCUT2D eigenvalue weighted by Crippen LogP contribution is 2.21. The molecule has 1 saturated heterocycles. The quantitative estimate of drug-likeness (QED) is 0.868. The average Bonchev–Trinajstić information content (AvgIpc) is 2.89. The SMILES string of the molecule is CC(=O)N1CCN(C(=O)c2c[nH]c3cc(C)ccc23)CC1. The number of nitrogens with zero attached hydrogens (tertiary/aromatic N) is 2. The molecule has 5 nitrogen and oxygen atoms in total. The van der Waals surface area contributed by atoms with Crippen LogP contribution in [0.5, 0.6) is 0 Å². The van der Waals surface area contributed by atoms with Crippen molar-refractivity contribution in [3.05, 3.63) is 35.5 Å². The first-order valence-electron chi connectivity index (χ1n) is 7.19. The van der Waals surface area contributed by atoms with E-state index in [0.29, 0.717) is 31.7 Å². The van der Waals surface area contributed by atoms with Crippen molar-refractivity contribution in [3.8, 4) is 0 Å². The zero-order valence-electron chi connectivity index (χ0n) is 12.3. The minimum atomic E-state index is 0.0355. The number of rotatable bonds is 1. The average molecular weight is 285 g/mol. The van der Waals surface area contributed by atoms with Crippen LogP contribution in [0.4, 0.5) is 0 Å². The van der Waals surface area contributed by atoms with E-state index in [1.807, 2.05) is 30.0 Å². The molecular weight excluding hydrogens is 266 g/mol. The molecule has 5 heteroatoms. The zero-order chi connectivity index (χ0) is 15.0. The van der Waals surface area contributed by atoms with Crippen LogP contribution < -0.4 is 0 Å². The first-order chi connectivity index (χ1) is 10.1. The summed E-state index contributed by atoms with van der Waals surface area (Å²) in [6, 6.07) is 6.04. The third-order valence-corrected chi connectivity index (χ3v) is 4.08. The molecule has 21 heavy (non-hydrogen) atoms. The summed E-state index contributed by atoms with van der Waals surface area (Å²) in [7, 11) is 0. The summed E-state index contributed by atoms with van der Waals surface area (Å²) in [6.07, 6.45) is 1.78. The van der Waals surface area contributed by atoms with Gasteiger partial charge in [0.2, 0.25) is 5.91 Å². The fourth-order valence-electron chi connectivity index (χ4n) is 2.81. The van der Waals surface area contributed by atoms with Gasteiger partial charge in [-0.25, -0.2) is 0 Å². The van der Waals surface area contributed by atoms with E-state index in [4.69, 9.17) is 0 Å². The van der Waals surface area contributed by atoms with Crippen LogP contribution in [0.15, 0.2) is 24.4 Å². The number of carbonyl (C=O) groups is 2. The second-order valence-electron chi connectivity index (χ2n) is 5.55. The number of carbonyl (C=O) groups excluding carboxylic acids is 2. The van der Waals surface area contributed by atoms with E-state index in [1.54, 1.807) is 18.0 Å². The molecule has 1 fully saturated rings. The minimum Gasteiger partial charge on any atom is -0.360 e. The molecule has 3 rings (SSSR count). The Hall–Kier alpha value is -2.30. The maximum Gasteiger partial charge on any atom is 0.256 e. The molecule has 0 saturated carbocycles. The number of piperazine rings is 1. The number of nitrogens with one attached hydrogen (secondary N) is 1. The van der Waals surface area contributed by atoms with Crippen LogP contribution in [-0.2, 0) is 4.79 Å². The van der Waals surface area contributed by atoms with Gasteiger partial charge in [-0.2, -0.15) is 0 Å². The van der Waals surface area contributed by atoms with E-state index in [1.165, 1.54) is 5.56 Å². The standard InChI is InChI=1S/C16H19N3O2/c1-11-3-4-13-14(10-17-15(13)9-11)16(21)19-7-5-18(6-8-19)12(2)20/h3-4,9-10,17H,5-8H2,1-2H3. The van der Waals surface area contributed by atoms with Gasteiger partial charge in [0.1, 0.15) is 0 Å². The van der Waals surface area contributed by atoms with Crippen LogP contribution in [0.1, 0.15) is 22.8 Å². The minimum absolute atomic E-state index is 0.0355. The Bertz CT molecular complexity index is 697. The Morgan fingerprint density at radius 3 is 2.43 bits per heavy atom. The summed E-state index contributed by atoms with van der Waals surface area (Å²) in [5.74, 6) is 0.109. The van der Waals surface area contributed by atoms with Crippen LogP contribution in [0.25, 0.3) is 10.9 Å². The van der Waals surface area contributed by atoms with Gasteiger partial charge in [-0.3, -0.25) is 9.59 Å². The van der Waals surface area contributed by atoms with Crippen LogP contribution in [-0.4, -0.2) is 52.8 Å². The maximum absolute atomic E-state index is 12.6. The Kier molecular flexibility index (Phi) is 3.41. The third-order valence-electron chi connectivity index (χ3n) is 4.08. The van der Waals surface area contributed by atoms with Crippen molar-refractivity contribution in [2.45, 2.75) is 13.8 Å². The van der Waals surface area contributed by atoms with E-state index < -0.39 is 0 Å². The number of amides is 2. The first kappa shape index (κ1) is 13.7. The molecule has 0 spiro atoms. The first-order valence-corrected chi connectivity index (χ1v) is 7.19. The highest BCUT2D eigenvalue weighted by Gasteiger charge is 2.24.